The van der Waals surface area contributed by atoms with Crippen LogP contribution < -0.4 is 11.3 Å². The van der Waals surface area contributed by atoms with E-state index in [1.54, 1.807) is 17.8 Å². The maximum atomic E-state index is 11.5. The first kappa shape index (κ1) is 14.9. The molecule has 7 heteroatoms. The highest BCUT2D eigenvalue weighted by Crippen LogP contribution is 2.51. The minimum absolute atomic E-state index is 0.0811. The third-order valence-electron chi connectivity index (χ3n) is 3.45. The van der Waals surface area contributed by atoms with Crippen LogP contribution in [0.2, 0.25) is 0 Å². The number of ether oxygens (including phenoxy) is 1. The van der Waals surface area contributed by atoms with E-state index in [4.69, 9.17) is 15.0 Å². The van der Waals surface area contributed by atoms with Crippen LogP contribution in [0.25, 0.3) is 0 Å². The van der Waals surface area contributed by atoms with Gasteiger partial charge in [-0.25, -0.2) is 5.84 Å². The molecule has 110 valence electrons. The van der Waals surface area contributed by atoms with Gasteiger partial charge in [-0.15, -0.1) is 0 Å². The molecule has 0 radical (unpaired) electrons. The number of esters is 1. The van der Waals surface area contributed by atoms with Crippen molar-refractivity contribution >= 4 is 23.6 Å². The Morgan fingerprint density at radius 3 is 2.90 bits per heavy atom. The van der Waals surface area contributed by atoms with E-state index < -0.39 is 5.91 Å². The second-order valence-corrected chi connectivity index (χ2v) is 5.98. The molecule has 1 saturated carbocycles. The van der Waals surface area contributed by atoms with Crippen molar-refractivity contribution in [3.8, 4) is 0 Å². The number of nitrogens with one attached hydrogen (secondary N) is 1. The molecular weight excluding hydrogens is 280 g/mol. The van der Waals surface area contributed by atoms with Crippen LogP contribution in [0, 0.1) is 5.41 Å². The van der Waals surface area contributed by atoms with Gasteiger partial charge in [0.15, 0.2) is 5.76 Å². The van der Waals surface area contributed by atoms with Gasteiger partial charge in [-0.1, -0.05) is 0 Å². The first-order valence-corrected chi connectivity index (χ1v) is 7.47. The molecule has 0 unspecified atom stereocenters. The zero-order chi connectivity index (χ0) is 14.6. The minimum Gasteiger partial charge on any atom is -0.469 e. The Morgan fingerprint density at radius 2 is 2.30 bits per heavy atom. The predicted molar refractivity (Wildman–Crippen MR) is 74.8 cm³/mol. The lowest BCUT2D eigenvalue weighted by atomic mass is 10.1. The number of furan rings is 1. The van der Waals surface area contributed by atoms with Gasteiger partial charge in [0, 0.05) is 11.3 Å². The second-order valence-electron chi connectivity index (χ2n) is 4.99. The van der Waals surface area contributed by atoms with Crippen molar-refractivity contribution in [3.63, 3.8) is 0 Å². The summed E-state index contributed by atoms with van der Waals surface area (Å²) in [7, 11) is 1.41. The predicted octanol–water partition coefficient (Wildman–Crippen LogP) is 1.46. The van der Waals surface area contributed by atoms with Crippen molar-refractivity contribution in [3.05, 3.63) is 23.7 Å². The number of hydrazine groups is 1. The van der Waals surface area contributed by atoms with Crippen molar-refractivity contribution in [2.24, 2.45) is 11.3 Å². The fourth-order valence-electron chi connectivity index (χ4n) is 2.02. The molecule has 1 aromatic heterocycles. The number of methoxy groups -OCH3 is 1. The van der Waals surface area contributed by atoms with Crippen molar-refractivity contribution in [2.45, 2.75) is 25.0 Å². The fraction of sp³-hybridized carbons (Fsp3) is 0.538. The first-order chi connectivity index (χ1) is 9.60. The molecule has 0 atom stereocenters. The lowest BCUT2D eigenvalue weighted by Crippen LogP contribution is -2.30. The molecule has 0 bridgehead atoms. The van der Waals surface area contributed by atoms with Crippen LogP contribution in [0.4, 0.5) is 0 Å². The molecule has 1 heterocycles. The minimum atomic E-state index is -0.429. The summed E-state index contributed by atoms with van der Waals surface area (Å²) >= 11 is 1.69. The number of carbonyl (C=O) groups excluding carboxylic acids is 2. The lowest BCUT2D eigenvalue weighted by Gasteiger charge is -2.12. The van der Waals surface area contributed by atoms with Crippen LogP contribution >= 0.6 is 11.8 Å². The van der Waals surface area contributed by atoms with Crippen LogP contribution in [0.3, 0.4) is 0 Å². The van der Waals surface area contributed by atoms with E-state index in [-0.39, 0.29) is 17.1 Å². The quantitative estimate of drug-likeness (QED) is 0.342. The molecule has 1 aliphatic rings. The Bertz CT molecular complexity index is 496. The van der Waals surface area contributed by atoms with E-state index in [0.717, 1.165) is 24.2 Å². The first-order valence-electron chi connectivity index (χ1n) is 6.32. The van der Waals surface area contributed by atoms with Gasteiger partial charge >= 0.3 is 11.9 Å². The third kappa shape index (κ3) is 3.55. The van der Waals surface area contributed by atoms with Gasteiger partial charge in [-0.05, 0) is 30.1 Å². The number of nitrogen functional groups attached to an aromatic ring is 1. The number of hydrogen-bond donors (Lipinski definition) is 2. The van der Waals surface area contributed by atoms with Crippen molar-refractivity contribution < 1.29 is 18.7 Å². The second kappa shape index (κ2) is 6.32. The fourth-order valence-corrected chi connectivity index (χ4v) is 3.39. The zero-order valence-corrected chi connectivity index (χ0v) is 12.1. The lowest BCUT2D eigenvalue weighted by molar-refractivity contribution is -0.141. The summed E-state index contributed by atoms with van der Waals surface area (Å²) in [5.41, 5.74) is 2.95. The third-order valence-corrected chi connectivity index (χ3v) is 4.79. The highest BCUT2D eigenvalue weighted by molar-refractivity contribution is 7.98. The standard InChI is InChI=1S/C13H18N2O4S/c1-18-10(16)6-13(3-4-13)8-20-7-9-2-5-19-11(9)12(17)15-14/h2,5H,3-4,6-8,14H2,1H3,(H,15,17). The van der Waals surface area contributed by atoms with Gasteiger partial charge in [0.2, 0.25) is 0 Å². The maximum Gasteiger partial charge on any atom is 0.306 e. The molecule has 0 aromatic carbocycles. The molecule has 3 N–H and O–H groups in total. The normalized spacial score (nSPS) is 15.7. The van der Waals surface area contributed by atoms with Gasteiger partial charge in [0.25, 0.3) is 0 Å². The Labute approximate surface area is 121 Å². The molecule has 0 spiro atoms. The number of carbonyl (C=O) groups is 2. The molecule has 1 fully saturated rings. The van der Waals surface area contributed by atoms with Gasteiger partial charge in [0.1, 0.15) is 0 Å². The largest absolute Gasteiger partial charge is 0.469 e. The number of hydrogen-bond acceptors (Lipinski definition) is 6. The van der Waals surface area contributed by atoms with Crippen molar-refractivity contribution in [1.29, 1.82) is 0 Å². The van der Waals surface area contributed by atoms with E-state index in [1.165, 1.54) is 13.4 Å². The maximum absolute atomic E-state index is 11.5. The summed E-state index contributed by atoms with van der Waals surface area (Å²) in [6.45, 7) is 0. The van der Waals surface area contributed by atoms with Gasteiger partial charge in [0.05, 0.1) is 19.8 Å². The smallest absolute Gasteiger partial charge is 0.306 e. The number of amides is 1. The van der Waals surface area contributed by atoms with Crippen LogP contribution in [0.15, 0.2) is 16.7 Å². The Morgan fingerprint density at radius 1 is 1.55 bits per heavy atom. The van der Waals surface area contributed by atoms with Gasteiger partial charge in [-0.2, -0.15) is 11.8 Å². The van der Waals surface area contributed by atoms with E-state index in [2.05, 4.69) is 5.43 Å². The highest BCUT2D eigenvalue weighted by Gasteiger charge is 2.44. The average Bonchev–Trinajstić information content (AvgIpc) is 3.04. The number of thioether (sulfide) groups is 1. The van der Waals surface area contributed by atoms with Crippen LogP contribution in [0.1, 0.15) is 35.4 Å². The number of rotatable bonds is 7. The summed E-state index contributed by atoms with van der Waals surface area (Å²) in [6, 6.07) is 1.76. The SMILES string of the molecule is COC(=O)CC1(CSCc2ccoc2C(=O)NN)CC1. The Balaban J connectivity index is 1.83. The molecule has 2 rings (SSSR count). The molecule has 1 aliphatic carbocycles. The number of nitrogens with two attached hydrogens (primary N) is 1. The van der Waals surface area contributed by atoms with Crippen LogP contribution in [0.5, 0.6) is 0 Å². The summed E-state index contributed by atoms with van der Waals surface area (Å²) in [6.07, 6.45) is 4.05. The Kier molecular flexibility index (Phi) is 4.72. The van der Waals surface area contributed by atoms with Gasteiger partial charge in [-0.3, -0.25) is 15.0 Å². The van der Waals surface area contributed by atoms with Crippen LogP contribution in [-0.4, -0.2) is 24.7 Å². The summed E-state index contributed by atoms with van der Waals surface area (Å²) < 4.78 is 9.83. The topological polar surface area (TPSA) is 94.6 Å². The molecule has 20 heavy (non-hydrogen) atoms. The van der Waals surface area contributed by atoms with Crippen LogP contribution in [-0.2, 0) is 15.3 Å². The molecule has 0 aliphatic heterocycles. The van der Waals surface area contributed by atoms with E-state index >= 15 is 0 Å². The van der Waals surface area contributed by atoms with Gasteiger partial charge < -0.3 is 9.15 Å². The summed E-state index contributed by atoms with van der Waals surface area (Å²) in [5.74, 6) is 6.28. The molecular formula is C13H18N2O4S. The van der Waals surface area contributed by atoms with E-state index in [0.29, 0.717) is 12.2 Å². The molecule has 1 amide bonds. The van der Waals surface area contributed by atoms with Crippen molar-refractivity contribution in [1.82, 2.24) is 5.43 Å². The van der Waals surface area contributed by atoms with E-state index in [1.807, 2.05) is 0 Å². The monoisotopic (exact) mass is 298 g/mol. The summed E-state index contributed by atoms with van der Waals surface area (Å²) in [4.78, 5) is 22.8. The molecule has 1 aromatic rings. The molecule has 0 saturated heterocycles. The average molecular weight is 298 g/mol. The zero-order valence-electron chi connectivity index (χ0n) is 11.3. The molecule has 6 nitrogen and oxygen atoms in total. The Hall–Kier alpha value is -1.47. The highest BCUT2D eigenvalue weighted by atomic mass is 32.2. The summed E-state index contributed by atoms with van der Waals surface area (Å²) in [5, 5.41) is 0. The van der Waals surface area contributed by atoms with Crippen molar-refractivity contribution in [2.75, 3.05) is 12.9 Å². The van der Waals surface area contributed by atoms with E-state index in [9.17, 15) is 9.59 Å².